The molecule has 0 saturated heterocycles. The van der Waals surface area contributed by atoms with Crippen LogP contribution in [0.3, 0.4) is 0 Å². The number of hydrogen-bond donors (Lipinski definition) is 0. The third-order valence-corrected chi connectivity index (χ3v) is 16.4. The van der Waals surface area contributed by atoms with Gasteiger partial charge in [0, 0.05) is 36.6 Å². The van der Waals surface area contributed by atoms with E-state index < -0.39 is 13.3 Å². The van der Waals surface area contributed by atoms with Crippen LogP contribution in [0.4, 0.5) is 0 Å². The molecule has 315 valence electrons. The van der Waals surface area contributed by atoms with Crippen molar-refractivity contribution in [2.75, 3.05) is 0 Å². The molecule has 0 amide bonds. The van der Waals surface area contributed by atoms with Crippen LogP contribution in [-0.2, 0) is 20.1 Å². The van der Waals surface area contributed by atoms with E-state index in [1.54, 1.807) is 0 Å². The Bertz CT molecular complexity index is 3580. The Morgan fingerprint density at radius 2 is 1.20 bits per heavy atom. The first kappa shape index (κ1) is 42.1. The number of fused-ring (bicyclic) bond motifs is 7. The molecular formula is C59H43GeIrN3O-2. The average Bonchev–Trinajstić information content (AvgIpc) is 3.91. The van der Waals surface area contributed by atoms with E-state index in [0.717, 1.165) is 88.9 Å². The first-order chi connectivity index (χ1) is 31.4. The Balaban J connectivity index is 0.000000249. The number of aromatic nitrogens is 3. The molecule has 0 fully saturated rings. The van der Waals surface area contributed by atoms with Gasteiger partial charge in [-0.25, -0.2) is 0 Å². The Morgan fingerprint density at radius 1 is 0.523 bits per heavy atom. The Labute approximate surface area is 395 Å². The van der Waals surface area contributed by atoms with Crippen molar-refractivity contribution in [2.24, 2.45) is 0 Å². The summed E-state index contributed by atoms with van der Waals surface area (Å²) in [5, 5.41) is 6.98. The third kappa shape index (κ3) is 8.02. The maximum Gasteiger partial charge on any atom is 0.121 e. The summed E-state index contributed by atoms with van der Waals surface area (Å²) in [7, 11) is 0. The predicted octanol–water partition coefficient (Wildman–Crippen LogP) is 15.1. The molecule has 4 nitrogen and oxygen atoms in total. The van der Waals surface area contributed by atoms with Gasteiger partial charge >= 0.3 is 99.8 Å². The molecule has 0 aliphatic carbocycles. The van der Waals surface area contributed by atoms with E-state index in [0.29, 0.717) is 0 Å². The third-order valence-electron chi connectivity index (χ3n) is 12.1. The molecule has 0 aliphatic heterocycles. The number of pyridine rings is 1. The molecule has 0 spiro atoms. The van der Waals surface area contributed by atoms with Crippen molar-refractivity contribution in [1.82, 2.24) is 14.5 Å². The van der Waals surface area contributed by atoms with Crippen molar-refractivity contribution < 1.29 is 24.5 Å². The second-order valence-electron chi connectivity index (χ2n) is 17.2. The van der Waals surface area contributed by atoms with Gasteiger partial charge in [-0.05, 0) is 56.9 Å². The van der Waals surface area contributed by atoms with Crippen molar-refractivity contribution >= 4 is 72.2 Å². The van der Waals surface area contributed by atoms with Gasteiger partial charge in [-0.1, -0.05) is 133 Å². The minimum absolute atomic E-state index is 0. The zero-order chi connectivity index (χ0) is 43.2. The molecule has 3 heterocycles. The first-order valence-electron chi connectivity index (χ1n) is 21.7. The summed E-state index contributed by atoms with van der Waals surface area (Å²) in [5.74, 6) is 7.97. The summed E-state index contributed by atoms with van der Waals surface area (Å²) < 4.78 is 10.2. The van der Waals surface area contributed by atoms with Gasteiger partial charge in [0.25, 0.3) is 0 Å². The molecule has 12 rings (SSSR count). The molecule has 0 aliphatic rings. The Hall–Kier alpha value is -6.89. The van der Waals surface area contributed by atoms with Gasteiger partial charge < -0.3 is 8.98 Å². The maximum absolute atomic E-state index is 6.43. The van der Waals surface area contributed by atoms with Gasteiger partial charge in [-0.3, -0.25) is 4.98 Å². The minimum atomic E-state index is -1.72. The van der Waals surface area contributed by atoms with Crippen molar-refractivity contribution in [3.05, 3.63) is 219 Å². The van der Waals surface area contributed by atoms with Crippen LogP contribution in [0.1, 0.15) is 0 Å². The SMILES string of the molecule is [CH3][Ge]([CH3])([CH3])[c]1ccc(-c2[c-]cccc2)nc1.[Ir].[c-]1cc2oc3cc4ccc5ccccc5c4cc3c2cc1-c1nc2ccccc2n1-c1c(-c2ccccc2)cccc1-c1ccccc1. The van der Waals surface area contributed by atoms with Crippen LogP contribution >= 0.6 is 0 Å². The fourth-order valence-corrected chi connectivity index (χ4v) is 11.0. The number of imidazole rings is 1. The molecule has 0 unspecified atom stereocenters. The van der Waals surface area contributed by atoms with Gasteiger partial charge in [0.2, 0.25) is 0 Å². The minimum Gasteiger partial charge on any atom is -0.500 e. The standard InChI is InChI=1S/C45H27N2O.C14H16GeN.Ir/c1-3-12-29(13-4-1)35-18-11-19-36(30-14-5-2-6-15-30)44(35)47-41-21-10-9-20-40(41)46-45(47)33-24-25-42-38(26-33)39-28-37-32(27-43(39)48-42)23-22-31-16-7-8-17-34(31)37;1-15(2,3)13-9-10-14(16-11-13)12-7-5-4-6-8-12;/h1-23,25-28H;4-7,9-11H,1-3H3;/q2*-1;. The summed E-state index contributed by atoms with van der Waals surface area (Å²) >= 11 is -1.72. The van der Waals surface area contributed by atoms with Crippen molar-refractivity contribution in [1.29, 1.82) is 0 Å². The van der Waals surface area contributed by atoms with Crippen molar-refractivity contribution in [3.8, 4) is 50.6 Å². The second kappa shape index (κ2) is 17.6. The average molecular weight is 1070 g/mol. The van der Waals surface area contributed by atoms with E-state index in [-0.39, 0.29) is 20.1 Å². The number of rotatable bonds is 6. The van der Waals surface area contributed by atoms with Crippen molar-refractivity contribution in [3.63, 3.8) is 0 Å². The molecule has 9 aromatic carbocycles. The summed E-state index contributed by atoms with van der Waals surface area (Å²) in [6.45, 7) is 0. The zero-order valence-corrected chi connectivity index (χ0v) is 40.7. The maximum atomic E-state index is 6.43. The van der Waals surface area contributed by atoms with Crippen molar-refractivity contribution in [2.45, 2.75) is 17.3 Å². The smallest absolute Gasteiger partial charge is 0.121 e. The van der Waals surface area contributed by atoms with Crippen LogP contribution < -0.4 is 4.40 Å². The summed E-state index contributed by atoms with van der Waals surface area (Å²) in [6.07, 6.45) is 2.04. The van der Waals surface area contributed by atoms with Crippen LogP contribution in [0, 0.1) is 12.1 Å². The summed E-state index contributed by atoms with van der Waals surface area (Å²) in [4.78, 5) is 9.82. The van der Waals surface area contributed by atoms with E-state index in [1.807, 2.05) is 36.5 Å². The molecule has 0 bridgehead atoms. The van der Waals surface area contributed by atoms with Gasteiger partial charge in [0.05, 0.1) is 28.1 Å². The van der Waals surface area contributed by atoms with E-state index in [9.17, 15) is 0 Å². The number of para-hydroxylation sites is 3. The monoisotopic (exact) mass is 1080 g/mol. The summed E-state index contributed by atoms with van der Waals surface area (Å²) in [5.41, 5.74) is 12.3. The first-order valence-corrected chi connectivity index (χ1v) is 29.1. The molecule has 3 aromatic heterocycles. The molecule has 0 N–H and O–H groups in total. The van der Waals surface area contributed by atoms with Crippen LogP contribution in [-0.4, -0.2) is 27.8 Å². The molecule has 0 atom stereocenters. The zero-order valence-electron chi connectivity index (χ0n) is 36.2. The fourth-order valence-electron chi connectivity index (χ4n) is 8.82. The number of furan rings is 1. The van der Waals surface area contributed by atoms with Crippen LogP contribution in [0.2, 0.25) is 17.3 Å². The van der Waals surface area contributed by atoms with Gasteiger partial charge in [0.15, 0.2) is 0 Å². The second-order valence-corrected chi connectivity index (χ2v) is 27.9. The Morgan fingerprint density at radius 3 is 1.91 bits per heavy atom. The van der Waals surface area contributed by atoms with Gasteiger partial charge in [-0.15, -0.1) is 23.8 Å². The number of nitrogens with zero attached hydrogens (tertiary/aromatic N) is 3. The molecule has 12 aromatic rings. The van der Waals surface area contributed by atoms with E-state index in [2.05, 4.69) is 209 Å². The number of benzene rings is 9. The van der Waals surface area contributed by atoms with Crippen LogP contribution in [0.25, 0.3) is 105 Å². The summed E-state index contributed by atoms with van der Waals surface area (Å²) in [6, 6.07) is 76.8. The normalized spacial score (nSPS) is 11.5. The number of hydrogen-bond acceptors (Lipinski definition) is 3. The van der Waals surface area contributed by atoms with Crippen LogP contribution in [0.5, 0.6) is 0 Å². The van der Waals surface area contributed by atoms with E-state index in [1.165, 1.54) is 20.6 Å². The van der Waals surface area contributed by atoms with Crippen LogP contribution in [0.15, 0.2) is 211 Å². The van der Waals surface area contributed by atoms with Gasteiger partial charge in [0.1, 0.15) is 5.58 Å². The molecule has 0 saturated carbocycles. The molecular weight excluding hydrogens is 1030 g/mol. The largest absolute Gasteiger partial charge is 0.500 e. The topological polar surface area (TPSA) is 43.9 Å². The van der Waals surface area contributed by atoms with Gasteiger partial charge in [-0.2, -0.15) is 0 Å². The van der Waals surface area contributed by atoms with E-state index in [4.69, 9.17) is 9.40 Å². The molecule has 6 heteroatoms. The fraction of sp³-hybridized carbons (Fsp3) is 0.0508. The predicted molar refractivity (Wildman–Crippen MR) is 270 cm³/mol. The quantitative estimate of drug-likeness (QED) is 0.0947. The Kier molecular flexibility index (Phi) is 11.4. The van der Waals surface area contributed by atoms with E-state index >= 15 is 0 Å². The molecule has 1 radical (unpaired) electrons. The molecule has 65 heavy (non-hydrogen) atoms.